The number of rotatable bonds is 6. The van der Waals surface area contributed by atoms with Crippen molar-refractivity contribution in [2.75, 3.05) is 5.75 Å². The van der Waals surface area contributed by atoms with Crippen LogP contribution in [0.5, 0.6) is 0 Å². The molecule has 1 rings (SSSR count). The zero-order valence-corrected chi connectivity index (χ0v) is 11.2. The quantitative estimate of drug-likeness (QED) is 0.354. The molecule has 1 amide bonds. The van der Waals surface area contributed by atoms with Crippen LogP contribution in [0, 0.1) is 5.92 Å². The monoisotopic (exact) mass is 252 g/mol. The van der Waals surface area contributed by atoms with E-state index < -0.39 is 0 Å². The van der Waals surface area contributed by atoms with Crippen LogP contribution >= 0.6 is 11.8 Å². The van der Waals surface area contributed by atoms with Crippen LogP contribution in [0.15, 0.2) is 24.3 Å². The van der Waals surface area contributed by atoms with E-state index in [9.17, 15) is 4.79 Å². The minimum absolute atomic E-state index is 0.218. The molecule has 3 N–H and O–H groups in total. The molecule has 0 heterocycles. The van der Waals surface area contributed by atoms with Gasteiger partial charge in [-0.15, -0.1) is 0 Å². The van der Waals surface area contributed by atoms with Gasteiger partial charge >= 0.3 is 0 Å². The first-order valence-electron chi connectivity index (χ1n) is 5.81. The second kappa shape index (κ2) is 7.35. The average Bonchev–Trinajstić information content (AvgIpc) is 2.34. The van der Waals surface area contributed by atoms with Gasteiger partial charge in [-0.3, -0.25) is 10.2 Å². The number of amides is 1. The molecule has 0 unspecified atom stereocenters. The minimum atomic E-state index is -0.218. The molecule has 0 atom stereocenters. The van der Waals surface area contributed by atoms with Gasteiger partial charge in [0.15, 0.2) is 0 Å². The van der Waals surface area contributed by atoms with Gasteiger partial charge in [0.25, 0.3) is 5.91 Å². The first-order valence-corrected chi connectivity index (χ1v) is 6.97. The van der Waals surface area contributed by atoms with Crippen LogP contribution in [0.2, 0.25) is 0 Å². The predicted octanol–water partition coefficient (Wildman–Crippen LogP) is 2.57. The molecule has 0 aliphatic rings. The van der Waals surface area contributed by atoms with Gasteiger partial charge in [0.2, 0.25) is 0 Å². The van der Waals surface area contributed by atoms with E-state index in [1.54, 1.807) is 6.07 Å². The van der Waals surface area contributed by atoms with Gasteiger partial charge in [-0.2, -0.15) is 11.8 Å². The minimum Gasteiger partial charge on any atom is -0.290 e. The number of thioether (sulfide) groups is 1. The van der Waals surface area contributed by atoms with E-state index in [-0.39, 0.29) is 5.91 Å². The number of carbonyl (C=O) groups excluding carboxylic acids is 1. The molecule has 0 aliphatic carbocycles. The van der Waals surface area contributed by atoms with E-state index in [4.69, 9.17) is 5.84 Å². The Morgan fingerprint density at radius 2 is 2.12 bits per heavy atom. The summed E-state index contributed by atoms with van der Waals surface area (Å²) in [7, 11) is 0. The summed E-state index contributed by atoms with van der Waals surface area (Å²) in [6.45, 7) is 4.44. The summed E-state index contributed by atoms with van der Waals surface area (Å²) in [4.78, 5) is 11.5. The molecule has 0 bridgehead atoms. The summed E-state index contributed by atoms with van der Waals surface area (Å²) >= 11 is 1.86. The fourth-order valence-electron chi connectivity index (χ4n) is 1.45. The lowest BCUT2D eigenvalue weighted by Gasteiger charge is -2.08. The molecule has 0 radical (unpaired) electrons. The SMILES string of the molecule is CC(C)CCSCc1ccccc1C(=O)NN. The lowest BCUT2D eigenvalue weighted by atomic mass is 10.1. The van der Waals surface area contributed by atoms with Crippen LogP contribution in [0.25, 0.3) is 0 Å². The third-order valence-corrected chi connectivity index (χ3v) is 3.53. The Labute approximate surface area is 107 Å². The molecule has 0 aliphatic heterocycles. The van der Waals surface area contributed by atoms with Gasteiger partial charge in [0.05, 0.1) is 0 Å². The Balaban J connectivity index is 2.55. The van der Waals surface area contributed by atoms with Crippen molar-refractivity contribution < 1.29 is 4.79 Å². The molecule has 1 aromatic rings. The number of hydrogen-bond donors (Lipinski definition) is 2. The van der Waals surface area contributed by atoms with E-state index in [0.29, 0.717) is 5.56 Å². The second-order valence-electron chi connectivity index (χ2n) is 4.37. The fraction of sp³-hybridized carbons (Fsp3) is 0.462. The van der Waals surface area contributed by atoms with Crippen molar-refractivity contribution >= 4 is 17.7 Å². The molecular weight excluding hydrogens is 232 g/mol. The molecular formula is C13H20N2OS. The number of hydrazine groups is 1. The Hall–Kier alpha value is -1.00. The third-order valence-electron chi connectivity index (χ3n) is 2.49. The van der Waals surface area contributed by atoms with Crippen LogP contribution in [0.4, 0.5) is 0 Å². The van der Waals surface area contributed by atoms with Gasteiger partial charge < -0.3 is 0 Å². The second-order valence-corrected chi connectivity index (χ2v) is 5.47. The Morgan fingerprint density at radius 1 is 1.41 bits per heavy atom. The first kappa shape index (κ1) is 14.1. The molecule has 3 nitrogen and oxygen atoms in total. The maximum absolute atomic E-state index is 11.5. The Morgan fingerprint density at radius 3 is 2.76 bits per heavy atom. The van der Waals surface area contributed by atoms with E-state index in [2.05, 4.69) is 19.3 Å². The molecule has 17 heavy (non-hydrogen) atoms. The highest BCUT2D eigenvalue weighted by molar-refractivity contribution is 7.98. The van der Waals surface area contributed by atoms with Gasteiger partial charge in [0, 0.05) is 11.3 Å². The highest BCUT2D eigenvalue weighted by Crippen LogP contribution is 2.18. The summed E-state index contributed by atoms with van der Waals surface area (Å²) in [5.41, 5.74) is 3.90. The van der Waals surface area contributed by atoms with E-state index in [1.807, 2.05) is 30.0 Å². The van der Waals surface area contributed by atoms with Crippen LogP contribution in [-0.4, -0.2) is 11.7 Å². The molecule has 0 spiro atoms. The molecule has 4 heteroatoms. The smallest absolute Gasteiger partial charge is 0.265 e. The van der Waals surface area contributed by atoms with Gasteiger partial charge in [0.1, 0.15) is 0 Å². The maximum atomic E-state index is 11.5. The number of nitrogens with one attached hydrogen (secondary N) is 1. The predicted molar refractivity (Wildman–Crippen MR) is 73.7 cm³/mol. The highest BCUT2D eigenvalue weighted by atomic mass is 32.2. The molecule has 0 saturated carbocycles. The van der Waals surface area contributed by atoms with Gasteiger partial charge in [-0.05, 0) is 29.7 Å². The maximum Gasteiger partial charge on any atom is 0.265 e. The summed E-state index contributed by atoms with van der Waals surface area (Å²) in [6, 6.07) is 7.59. The van der Waals surface area contributed by atoms with Crippen LogP contribution < -0.4 is 11.3 Å². The standard InChI is InChI=1S/C13H20N2OS/c1-10(2)7-8-17-9-11-5-3-4-6-12(11)13(16)15-14/h3-6,10H,7-9,14H2,1-2H3,(H,15,16). The number of hydrogen-bond acceptors (Lipinski definition) is 3. The molecule has 0 aromatic heterocycles. The van der Waals surface area contributed by atoms with E-state index >= 15 is 0 Å². The van der Waals surface area contributed by atoms with Crippen molar-refractivity contribution in [3.05, 3.63) is 35.4 Å². The summed E-state index contributed by atoms with van der Waals surface area (Å²) < 4.78 is 0. The summed E-state index contributed by atoms with van der Waals surface area (Å²) in [5, 5.41) is 0. The molecule has 0 saturated heterocycles. The number of nitrogens with two attached hydrogens (primary N) is 1. The zero-order chi connectivity index (χ0) is 12.7. The van der Waals surface area contributed by atoms with Gasteiger partial charge in [-0.25, -0.2) is 5.84 Å². The highest BCUT2D eigenvalue weighted by Gasteiger charge is 2.08. The normalized spacial score (nSPS) is 10.6. The Kier molecular flexibility index (Phi) is 6.08. The van der Waals surface area contributed by atoms with Crippen LogP contribution in [-0.2, 0) is 5.75 Å². The van der Waals surface area contributed by atoms with E-state index in [1.165, 1.54) is 6.42 Å². The summed E-state index contributed by atoms with van der Waals surface area (Å²) in [5.74, 6) is 7.65. The fourth-order valence-corrected chi connectivity index (χ4v) is 2.70. The Bertz CT molecular complexity index is 366. The average molecular weight is 252 g/mol. The van der Waals surface area contributed by atoms with Gasteiger partial charge in [-0.1, -0.05) is 32.0 Å². The van der Waals surface area contributed by atoms with E-state index in [0.717, 1.165) is 23.0 Å². The van der Waals surface area contributed by atoms with Crippen LogP contribution in [0.1, 0.15) is 36.2 Å². The van der Waals surface area contributed by atoms with Crippen molar-refractivity contribution in [3.63, 3.8) is 0 Å². The van der Waals surface area contributed by atoms with Crippen molar-refractivity contribution in [1.29, 1.82) is 0 Å². The first-order chi connectivity index (χ1) is 8.15. The number of carbonyl (C=O) groups is 1. The molecule has 94 valence electrons. The number of nitrogen functional groups attached to an aromatic ring is 1. The number of benzene rings is 1. The van der Waals surface area contributed by atoms with Crippen LogP contribution in [0.3, 0.4) is 0 Å². The lowest BCUT2D eigenvalue weighted by molar-refractivity contribution is 0.0953. The topological polar surface area (TPSA) is 55.1 Å². The molecule has 0 fully saturated rings. The summed E-state index contributed by atoms with van der Waals surface area (Å²) in [6.07, 6.45) is 1.20. The molecule has 1 aromatic carbocycles. The lowest BCUT2D eigenvalue weighted by Crippen LogP contribution is -2.30. The van der Waals surface area contributed by atoms with Crippen molar-refractivity contribution in [1.82, 2.24) is 5.43 Å². The zero-order valence-electron chi connectivity index (χ0n) is 10.4. The largest absolute Gasteiger partial charge is 0.290 e. The van der Waals surface area contributed by atoms with Crippen molar-refractivity contribution in [3.8, 4) is 0 Å². The third kappa shape index (κ3) is 4.79. The van der Waals surface area contributed by atoms with Crippen molar-refractivity contribution in [2.24, 2.45) is 11.8 Å². The van der Waals surface area contributed by atoms with Crippen molar-refractivity contribution in [2.45, 2.75) is 26.0 Å².